The third kappa shape index (κ3) is 3.43. The standard InChI is InChI=1S/C20H28N2O2S/c1-19(2,3)15-8-6-14(7-9-15)12-21(5)18(24)16-13-25-20(4)11-10-17(23)22(16)20/h6-9,16H,10-13H2,1-5H3/t16-,20+/m0/s1. The van der Waals surface area contributed by atoms with Crippen molar-refractivity contribution in [3.63, 3.8) is 0 Å². The predicted molar refractivity (Wildman–Crippen MR) is 102 cm³/mol. The van der Waals surface area contributed by atoms with E-state index in [4.69, 9.17) is 0 Å². The lowest BCUT2D eigenvalue weighted by Gasteiger charge is -2.32. The van der Waals surface area contributed by atoms with Gasteiger partial charge in [0.25, 0.3) is 0 Å². The fourth-order valence-corrected chi connectivity index (χ4v) is 5.14. The smallest absolute Gasteiger partial charge is 0.246 e. The van der Waals surface area contributed by atoms with Gasteiger partial charge in [0.1, 0.15) is 6.04 Å². The number of rotatable bonds is 3. The van der Waals surface area contributed by atoms with E-state index < -0.39 is 0 Å². The van der Waals surface area contributed by atoms with Gasteiger partial charge in [-0.25, -0.2) is 0 Å². The molecule has 2 heterocycles. The maximum Gasteiger partial charge on any atom is 0.246 e. The second kappa shape index (κ2) is 6.35. The van der Waals surface area contributed by atoms with Crippen molar-refractivity contribution in [1.82, 2.24) is 9.80 Å². The zero-order valence-electron chi connectivity index (χ0n) is 15.8. The molecule has 5 heteroatoms. The van der Waals surface area contributed by atoms with Crippen LogP contribution in [0.3, 0.4) is 0 Å². The fraction of sp³-hybridized carbons (Fsp3) is 0.600. The van der Waals surface area contributed by atoms with Gasteiger partial charge >= 0.3 is 0 Å². The van der Waals surface area contributed by atoms with Crippen molar-refractivity contribution in [2.24, 2.45) is 0 Å². The average Bonchev–Trinajstić information content (AvgIpc) is 3.03. The van der Waals surface area contributed by atoms with E-state index >= 15 is 0 Å². The number of hydrogen-bond acceptors (Lipinski definition) is 3. The summed E-state index contributed by atoms with van der Waals surface area (Å²) in [7, 11) is 1.83. The number of hydrogen-bond donors (Lipinski definition) is 0. The highest BCUT2D eigenvalue weighted by Gasteiger charge is 2.53. The number of likely N-dealkylation sites (N-methyl/N-ethyl adjacent to an activating group) is 1. The first-order chi connectivity index (χ1) is 11.6. The Hall–Kier alpha value is -1.49. The highest BCUT2D eigenvalue weighted by Crippen LogP contribution is 2.47. The number of amides is 2. The molecule has 2 saturated heterocycles. The van der Waals surface area contributed by atoms with Gasteiger partial charge in [-0.3, -0.25) is 9.59 Å². The maximum atomic E-state index is 12.9. The lowest BCUT2D eigenvalue weighted by molar-refractivity contribution is -0.143. The molecule has 1 aromatic carbocycles. The minimum Gasteiger partial charge on any atom is -0.340 e. The summed E-state index contributed by atoms with van der Waals surface area (Å²) in [5.41, 5.74) is 2.53. The molecule has 25 heavy (non-hydrogen) atoms. The first-order valence-corrected chi connectivity index (χ1v) is 9.91. The van der Waals surface area contributed by atoms with Gasteiger partial charge in [0.05, 0.1) is 4.87 Å². The van der Waals surface area contributed by atoms with Crippen molar-refractivity contribution < 1.29 is 9.59 Å². The number of benzene rings is 1. The Balaban J connectivity index is 1.68. The Morgan fingerprint density at radius 3 is 2.56 bits per heavy atom. The molecule has 1 aromatic rings. The molecule has 0 aromatic heterocycles. The molecule has 136 valence electrons. The highest BCUT2D eigenvalue weighted by molar-refractivity contribution is 8.01. The summed E-state index contributed by atoms with van der Waals surface area (Å²) in [6.45, 7) is 9.24. The van der Waals surface area contributed by atoms with E-state index in [2.05, 4.69) is 52.0 Å². The van der Waals surface area contributed by atoms with Crippen molar-refractivity contribution in [3.05, 3.63) is 35.4 Å². The lowest BCUT2D eigenvalue weighted by atomic mass is 9.87. The van der Waals surface area contributed by atoms with Crippen LogP contribution in [-0.2, 0) is 21.5 Å². The van der Waals surface area contributed by atoms with Crippen LogP contribution < -0.4 is 0 Å². The molecule has 2 aliphatic heterocycles. The first kappa shape index (κ1) is 18.3. The van der Waals surface area contributed by atoms with Gasteiger partial charge < -0.3 is 9.80 Å². The second-order valence-corrected chi connectivity index (χ2v) is 9.91. The van der Waals surface area contributed by atoms with Crippen LogP contribution in [0.1, 0.15) is 51.7 Å². The third-order valence-electron chi connectivity index (χ3n) is 5.35. The van der Waals surface area contributed by atoms with E-state index in [0.717, 1.165) is 12.0 Å². The van der Waals surface area contributed by atoms with E-state index in [-0.39, 0.29) is 28.1 Å². The molecule has 0 unspecified atom stereocenters. The largest absolute Gasteiger partial charge is 0.340 e. The van der Waals surface area contributed by atoms with Crippen molar-refractivity contribution in [1.29, 1.82) is 0 Å². The molecule has 3 rings (SSSR count). The molecule has 4 nitrogen and oxygen atoms in total. The minimum atomic E-state index is -0.316. The number of thioether (sulfide) groups is 1. The molecule has 2 atom stereocenters. The van der Waals surface area contributed by atoms with Crippen molar-refractivity contribution in [2.45, 2.75) is 63.4 Å². The topological polar surface area (TPSA) is 40.6 Å². The van der Waals surface area contributed by atoms with Crippen molar-refractivity contribution in [2.75, 3.05) is 12.8 Å². The van der Waals surface area contributed by atoms with Crippen LogP contribution in [-0.4, -0.2) is 45.3 Å². The van der Waals surface area contributed by atoms with Gasteiger partial charge in [0, 0.05) is 25.8 Å². The molecule has 0 aliphatic carbocycles. The fourth-order valence-electron chi connectivity index (χ4n) is 3.72. The Morgan fingerprint density at radius 2 is 1.96 bits per heavy atom. The molecule has 0 N–H and O–H groups in total. The summed E-state index contributed by atoms with van der Waals surface area (Å²) in [6.07, 6.45) is 1.41. The number of carbonyl (C=O) groups is 2. The second-order valence-electron chi connectivity index (χ2n) is 8.41. The van der Waals surface area contributed by atoms with Crippen LogP contribution in [0.2, 0.25) is 0 Å². The summed E-state index contributed by atoms with van der Waals surface area (Å²) in [6, 6.07) is 8.15. The summed E-state index contributed by atoms with van der Waals surface area (Å²) in [5, 5.41) is 0. The SMILES string of the molecule is CN(Cc1ccc(C(C)(C)C)cc1)C(=O)[C@@H]1CS[C@]2(C)CCC(=O)N12. The first-order valence-electron chi connectivity index (χ1n) is 8.92. The zero-order chi connectivity index (χ0) is 18.4. The van der Waals surface area contributed by atoms with Gasteiger partial charge in [-0.15, -0.1) is 11.8 Å². The Morgan fingerprint density at radius 1 is 1.32 bits per heavy atom. The van der Waals surface area contributed by atoms with Crippen LogP contribution >= 0.6 is 11.8 Å². The van der Waals surface area contributed by atoms with E-state index in [0.29, 0.717) is 18.7 Å². The molecule has 2 amide bonds. The van der Waals surface area contributed by atoms with Gasteiger partial charge in [-0.05, 0) is 29.9 Å². The molecular weight excluding hydrogens is 332 g/mol. The van der Waals surface area contributed by atoms with E-state index in [9.17, 15) is 9.59 Å². The number of carbonyl (C=O) groups excluding carboxylic acids is 2. The molecule has 0 saturated carbocycles. The van der Waals surface area contributed by atoms with Crippen molar-refractivity contribution >= 4 is 23.6 Å². The van der Waals surface area contributed by atoms with E-state index in [1.807, 2.05) is 11.9 Å². The van der Waals surface area contributed by atoms with E-state index in [1.54, 1.807) is 16.7 Å². The van der Waals surface area contributed by atoms with E-state index in [1.165, 1.54) is 5.56 Å². The van der Waals surface area contributed by atoms with Gasteiger partial charge in [-0.1, -0.05) is 45.0 Å². The predicted octanol–water partition coefficient (Wildman–Crippen LogP) is 3.40. The van der Waals surface area contributed by atoms with Gasteiger partial charge in [0.15, 0.2) is 0 Å². The Kier molecular flexibility index (Phi) is 4.65. The van der Waals surface area contributed by atoms with Crippen LogP contribution in [0.15, 0.2) is 24.3 Å². The van der Waals surface area contributed by atoms with Crippen LogP contribution in [0.4, 0.5) is 0 Å². The molecule has 0 spiro atoms. The summed E-state index contributed by atoms with van der Waals surface area (Å²) < 4.78 is 0. The average molecular weight is 361 g/mol. The normalized spacial score (nSPS) is 26.0. The molecule has 0 bridgehead atoms. The molecule has 2 aliphatic rings. The molecule has 2 fully saturated rings. The monoisotopic (exact) mass is 360 g/mol. The summed E-state index contributed by atoms with van der Waals surface area (Å²) in [4.78, 5) is 28.6. The third-order valence-corrected chi connectivity index (χ3v) is 6.85. The number of nitrogens with zero attached hydrogens (tertiary/aromatic N) is 2. The van der Waals surface area contributed by atoms with Crippen LogP contribution in [0.25, 0.3) is 0 Å². The zero-order valence-corrected chi connectivity index (χ0v) is 16.7. The molecule has 0 radical (unpaired) electrons. The maximum absolute atomic E-state index is 12.9. The van der Waals surface area contributed by atoms with Gasteiger partial charge in [0.2, 0.25) is 11.8 Å². The summed E-state index contributed by atoms with van der Waals surface area (Å²) >= 11 is 1.74. The van der Waals surface area contributed by atoms with Crippen LogP contribution in [0, 0.1) is 0 Å². The van der Waals surface area contributed by atoms with Crippen molar-refractivity contribution in [3.8, 4) is 0 Å². The summed E-state index contributed by atoms with van der Waals surface area (Å²) in [5.74, 6) is 0.870. The quantitative estimate of drug-likeness (QED) is 0.829. The van der Waals surface area contributed by atoms with Gasteiger partial charge in [-0.2, -0.15) is 0 Å². The minimum absolute atomic E-state index is 0.0476. The number of fused-ring (bicyclic) bond motifs is 1. The Bertz CT molecular complexity index is 680. The molecular formula is C20H28N2O2S. The Labute approximate surface area is 154 Å². The highest BCUT2D eigenvalue weighted by atomic mass is 32.2. The lowest BCUT2D eigenvalue weighted by Crippen LogP contribution is -2.50. The van der Waals surface area contributed by atoms with Crippen LogP contribution in [0.5, 0.6) is 0 Å².